The van der Waals surface area contributed by atoms with Crippen molar-refractivity contribution in [3.63, 3.8) is 0 Å². The quantitative estimate of drug-likeness (QED) is 0.146. The van der Waals surface area contributed by atoms with Gasteiger partial charge in [-0.2, -0.15) is 0 Å². The summed E-state index contributed by atoms with van der Waals surface area (Å²) in [5, 5.41) is 10.0. The second-order valence-corrected chi connectivity index (χ2v) is 16.1. The minimum absolute atomic E-state index is 1.07. The van der Waals surface area contributed by atoms with Crippen LogP contribution in [0.4, 0.5) is 17.1 Å². The Balaban J connectivity index is 1.07. The van der Waals surface area contributed by atoms with Crippen molar-refractivity contribution in [3.05, 3.63) is 243 Å². The maximum atomic E-state index is 2.44. The van der Waals surface area contributed by atoms with Crippen molar-refractivity contribution in [1.82, 2.24) is 4.57 Å². The highest BCUT2D eigenvalue weighted by atomic mass is 15.1. The molecule has 0 aliphatic carbocycles. The van der Waals surface area contributed by atoms with Gasteiger partial charge in [-0.05, 0) is 121 Å². The summed E-state index contributed by atoms with van der Waals surface area (Å²) in [4.78, 5) is 2.44. The van der Waals surface area contributed by atoms with E-state index in [-0.39, 0.29) is 0 Å². The van der Waals surface area contributed by atoms with Crippen molar-refractivity contribution in [3.8, 4) is 39.1 Å². The average Bonchev–Trinajstić information content (AvgIpc) is 3.69. The number of nitrogens with zero attached hydrogens (tertiary/aromatic N) is 2. The number of aromatic nitrogens is 1. The fraction of sp³-hybridized carbons (Fsp3) is 0. The summed E-state index contributed by atoms with van der Waals surface area (Å²) in [5.41, 5.74) is 13.9. The van der Waals surface area contributed by atoms with Crippen LogP contribution >= 0.6 is 0 Å². The first-order valence-electron chi connectivity index (χ1n) is 21.3. The van der Waals surface area contributed by atoms with Gasteiger partial charge >= 0.3 is 0 Å². The molecule has 0 aliphatic rings. The Morgan fingerprint density at radius 2 is 0.790 bits per heavy atom. The Morgan fingerprint density at radius 3 is 1.50 bits per heavy atom. The first-order chi connectivity index (χ1) is 30.8. The van der Waals surface area contributed by atoms with Crippen molar-refractivity contribution in [2.24, 2.45) is 0 Å². The molecule has 0 radical (unpaired) electrons. The minimum Gasteiger partial charge on any atom is -0.310 e. The molecule has 12 rings (SSSR count). The first kappa shape index (κ1) is 35.7. The van der Waals surface area contributed by atoms with E-state index in [4.69, 9.17) is 0 Å². The van der Waals surface area contributed by atoms with Crippen molar-refractivity contribution < 1.29 is 0 Å². The highest BCUT2D eigenvalue weighted by molar-refractivity contribution is 6.14. The van der Waals surface area contributed by atoms with Gasteiger partial charge < -0.3 is 9.47 Å². The molecule has 290 valence electrons. The van der Waals surface area contributed by atoms with E-state index in [1.54, 1.807) is 0 Å². The molecule has 0 unspecified atom stereocenters. The summed E-state index contributed by atoms with van der Waals surface area (Å²) < 4.78 is 2.39. The van der Waals surface area contributed by atoms with Gasteiger partial charge in [0.15, 0.2) is 0 Å². The molecule has 0 atom stereocenters. The Hall–Kier alpha value is -8.20. The number of para-hydroxylation sites is 2. The van der Waals surface area contributed by atoms with E-state index in [1.807, 2.05) is 0 Å². The third-order valence-corrected chi connectivity index (χ3v) is 12.6. The number of hydrogen-bond acceptors (Lipinski definition) is 1. The first-order valence-corrected chi connectivity index (χ1v) is 21.3. The molecule has 0 fully saturated rings. The molecule has 0 saturated carbocycles. The molecule has 11 aromatic carbocycles. The summed E-state index contributed by atoms with van der Waals surface area (Å²) in [6.45, 7) is 0. The molecule has 0 bridgehead atoms. The zero-order chi connectivity index (χ0) is 41.0. The number of fused-ring (bicyclic) bond motifs is 7. The van der Waals surface area contributed by atoms with Crippen LogP contribution in [0.3, 0.4) is 0 Å². The van der Waals surface area contributed by atoms with E-state index in [2.05, 4.69) is 252 Å². The van der Waals surface area contributed by atoms with E-state index in [9.17, 15) is 0 Å². The SMILES string of the molecule is c1ccc(-c2ccc(-c3cccc4ccccc34)cc2N(c2ccc(-c3cc4ccccc4c4ccccc34)cc2)c2ccc(-n3c4ccccc4c4ccccc43)cc2)cc1. The van der Waals surface area contributed by atoms with Crippen molar-refractivity contribution in [1.29, 1.82) is 0 Å². The van der Waals surface area contributed by atoms with Gasteiger partial charge in [0.1, 0.15) is 0 Å². The summed E-state index contributed by atoms with van der Waals surface area (Å²) in [6, 6.07) is 88.6. The molecule has 0 spiro atoms. The number of rotatable bonds is 7. The topological polar surface area (TPSA) is 8.17 Å². The maximum Gasteiger partial charge on any atom is 0.0546 e. The van der Waals surface area contributed by atoms with E-state index < -0.39 is 0 Å². The predicted octanol–water partition coefficient (Wildman–Crippen LogP) is 16.7. The van der Waals surface area contributed by atoms with Gasteiger partial charge in [-0.15, -0.1) is 0 Å². The molecular weight excluding hydrogens is 749 g/mol. The highest BCUT2D eigenvalue weighted by Crippen LogP contribution is 2.45. The normalized spacial score (nSPS) is 11.5. The Morgan fingerprint density at radius 1 is 0.274 bits per heavy atom. The molecule has 2 nitrogen and oxygen atoms in total. The summed E-state index contributed by atoms with van der Waals surface area (Å²) >= 11 is 0. The van der Waals surface area contributed by atoms with E-state index in [1.165, 1.54) is 76.4 Å². The standard InChI is InChI=1S/C60H40N2/c1-2-15-42(16-3-1)52-38-31-45(50-26-14-19-41-17-4-6-20-49(41)50)40-60(52)61(47-34-36-48(37-35-47)62-58-27-12-10-24-55(58)56-25-11-13-28-59(56)62)46-32-29-43(30-33-46)57-39-44-18-5-7-21-51(44)53-22-8-9-23-54(53)57/h1-40H. The van der Waals surface area contributed by atoms with Crippen LogP contribution in [-0.4, -0.2) is 4.57 Å². The largest absolute Gasteiger partial charge is 0.310 e. The van der Waals surface area contributed by atoms with Gasteiger partial charge in [-0.25, -0.2) is 0 Å². The monoisotopic (exact) mass is 788 g/mol. The van der Waals surface area contributed by atoms with E-state index in [0.29, 0.717) is 0 Å². The van der Waals surface area contributed by atoms with Crippen LogP contribution < -0.4 is 4.90 Å². The lowest BCUT2D eigenvalue weighted by atomic mass is 9.93. The number of anilines is 3. The van der Waals surface area contributed by atoms with Gasteiger partial charge in [0.2, 0.25) is 0 Å². The summed E-state index contributed by atoms with van der Waals surface area (Å²) in [7, 11) is 0. The fourth-order valence-electron chi connectivity index (χ4n) is 9.69. The fourth-order valence-corrected chi connectivity index (χ4v) is 9.69. The molecule has 2 heteroatoms. The lowest BCUT2D eigenvalue weighted by Crippen LogP contribution is -2.12. The van der Waals surface area contributed by atoms with Gasteiger partial charge in [-0.1, -0.05) is 182 Å². The smallest absolute Gasteiger partial charge is 0.0546 e. The Bertz CT molecular complexity index is 3560. The lowest BCUT2D eigenvalue weighted by molar-refractivity contribution is 1.17. The third kappa shape index (κ3) is 5.96. The van der Waals surface area contributed by atoms with Crippen molar-refractivity contribution >= 4 is 71.2 Å². The van der Waals surface area contributed by atoms with E-state index >= 15 is 0 Å². The molecule has 0 N–H and O–H groups in total. The summed E-state index contributed by atoms with van der Waals surface area (Å²) in [5.74, 6) is 0. The van der Waals surface area contributed by atoms with Crippen LogP contribution in [0.2, 0.25) is 0 Å². The second-order valence-electron chi connectivity index (χ2n) is 16.1. The molecule has 62 heavy (non-hydrogen) atoms. The molecule has 0 amide bonds. The predicted molar refractivity (Wildman–Crippen MR) is 264 cm³/mol. The average molecular weight is 789 g/mol. The van der Waals surface area contributed by atoms with Crippen LogP contribution in [-0.2, 0) is 0 Å². The molecule has 12 aromatic rings. The maximum absolute atomic E-state index is 2.44. The van der Waals surface area contributed by atoms with Crippen LogP contribution in [0, 0.1) is 0 Å². The summed E-state index contributed by atoms with van der Waals surface area (Å²) in [6.07, 6.45) is 0. The van der Waals surface area contributed by atoms with Crippen LogP contribution in [0.1, 0.15) is 0 Å². The van der Waals surface area contributed by atoms with Crippen molar-refractivity contribution in [2.75, 3.05) is 4.90 Å². The van der Waals surface area contributed by atoms with Crippen LogP contribution in [0.15, 0.2) is 243 Å². The molecule has 1 heterocycles. The Labute approximate surface area is 360 Å². The molecule has 1 aromatic heterocycles. The van der Waals surface area contributed by atoms with Gasteiger partial charge in [0.25, 0.3) is 0 Å². The number of hydrogen-bond donors (Lipinski definition) is 0. The second kappa shape index (κ2) is 14.8. The van der Waals surface area contributed by atoms with Crippen LogP contribution in [0.25, 0.3) is 93.2 Å². The third-order valence-electron chi connectivity index (χ3n) is 12.6. The van der Waals surface area contributed by atoms with Crippen molar-refractivity contribution in [2.45, 2.75) is 0 Å². The lowest BCUT2D eigenvalue weighted by Gasteiger charge is -2.29. The van der Waals surface area contributed by atoms with Gasteiger partial charge in [0.05, 0.1) is 16.7 Å². The minimum atomic E-state index is 1.07. The molecular formula is C60H40N2. The zero-order valence-corrected chi connectivity index (χ0v) is 34.0. The zero-order valence-electron chi connectivity index (χ0n) is 34.0. The number of benzene rings is 11. The Kier molecular flexibility index (Phi) is 8.53. The van der Waals surface area contributed by atoms with Gasteiger partial charge in [0, 0.05) is 33.4 Å². The molecule has 0 aliphatic heterocycles. The van der Waals surface area contributed by atoms with Gasteiger partial charge in [-0.3, -0.25) is 0 Å². The van der Waals surface area contributed by atoms with Crippen LogP contribution in [0.5, 0.6) is 0 Å². The highest BCUT2D eigenvalue weighted by Gasteiger charge is 2.21. The van der Waals surface area contributed by atoms with E-state index in [0.717, 1.165) is 33.9 Å². The molecule has 0 saturated heterocycles.